The largest absolute Gasteiger partial charge is 0.496 e. The number of amides is 1. The Balaban J connectivity index is 2.36. The number of halogens is 3. The van der Waals surface area contributed by atoms with Gasteiger partial charge in [-0.1, -0.05) is 18.2 Å². The van der Waals surface area contributed by atoms with Crippen molar-refractivity contribution in [3.63, 3.8) is 0 Å². The molecular formula is C10H8F3N3O2. The number of hydrogen-bond donors (Lipinski definition) is 1. The Labute approximate surface area is 99.7 Å². The van der Waals surface area contributed by atoms with Crippen molar-refractivity contribution in [2.24, 2.45) is 0 Å². The fraction of sp³-hybridized carbons (Fsp3) is 0.200. The van der Waals surface area contributed by atoms with Crippen LogP contribution in [0.1, 0.15) is 0 Å². The van der Waals surface area contributed by atoms with Gasteiger partial charge in [-0.2, -0.15) is 13.2 Å². The Hall–Kier alpha value is -2.09. The molecule has 1 fully saturated rings. The van der Waals surface area contributed by atoms with Gasteiger partial charge in [-0.05, 0) is 17.3 Å². The molecule has 2 rings (SSSR count). The summed E-state index contributed by atoms with van der Waals surface area (Å²) in [5.74, 6) is -2.21. The molecule has 0 spiro atoms. The maximum Gasteiger partial charge on any atom is 0.496 e. The number of alkyl halides is 3. The zero-order valence-corrected chi connectivity index (χ0v) is 8.94. The van der Waals surface area contributed by atoms with Crippen LogP contribution in [0.15, 0.2) is 30.3 Å². The van der Waals surface area contributed by atoms with E-state index in [2.05, 4.69) is 0 Å². The van der Waals surface area contributed by atoms with Gasteiger partial charge in [0.05, 0.1) is 5.69 Å². The standard InChI is InChI=1S/C10H8F3N3O2/c11-10(12,13)16-14-9(18)8(17)6-15(16)7-4-2-1-3-5-7/h1-5H,6H2,(H,14,18). The van der Waals surface area contributed by atoms with Crippen LogP contribution in [0.25, 0.3) is 0 Å². The topological polar surface area (TPSA) is 52.7 Å². The van der Waals surface area contributed by atoms with E-state index in [4.69, 9.17) is 0 Å². The van der Waals surface area contributed by atoms with E-state index >= 15 is 0 Å². The van der Waals surface area contributed by atoms with Gasteiger partial charge < -0.3 is 0 Å². The molecule has 1 saturated heterocycles. The lowest BCUT2D eigenvalue weighted by atomic mass is 10.2. The van der Waals surface area contributed by atoms with Crippen LogP contribution in [-0.4, -0.2) is 29.7 Å². The highest BCUT2D eigenvalue weighted by Crippen LogP contribution is 2.27. The molecule has 1 amide bonds. The van der Waals surface area contributed by atoms with E-state index in [0.29, 0.717) is 5.01 Å². The van der Waals surface area contributed by atoms with Crippen LogP contribution in [0, 0.1) is 0 Å². The van der Waals surface area contributed by atoms with Gasteiger partial charge in [0.2, 0.25) is 5.78 Å². The maximum atomic E-state index is 12.7. The first-order chi connectivity index (χ1) is 8.39. The molecule has 1 aliphatic rings. The first kappa shape index (κ1) is 12.4. The normalized spacial score (nSPS) is 17.8. The number of Topliss-reactive ketones (excluding diaryl/α,β-unsaturated/α-hetero) is 1. The van der Waals surface area contributed by atoms with Crippen LogP contribution >= 0.6 is 0 Å². The molecule has 18 heavy (non-hydrogen) atoms. The summed E-state index contributed by atoms with van der Waals surface area (Å²) in [6.07, 6.45) is -4.81. The van der Waals surface area contributed by atoms with E-state index < -0.39 is 24.5 Å². The van der Waals surface area contributed by atoms with Crippen molar-refractivity contribution in [1.29, 1.82) is 0 Å². The second-order valence-corrected chi connectivity index (χ2v) is 3.54. The average Bonchev–Trinajstić information content (AvgIpc) is 2.32. The van der Waals surface area contributed by atoms with Crippen molar-refractivity contribution >= 4 is 17.4 Å². The van der Waals surface area contributed by atoms with Gasteiger partial charge in [-0.3, -0.25) is 20.0 Å². The number of nitrogens with zero attached hydrogens (tertiary/aromatic N) is 2. The van der Waals surface area contributed by atoms with Crippen LogP contribution in [0.4, 0.5) is 18.9 Å². The lowest BCUT2D eigenvalue weighted by Gasteiger charge is -2.39. The number of carbonyl (C=O) groups is 2. The Morgan fingerprint density at radius 1 is 1.11 bits per heavy atom. The predicted octanol–water partition coefficient (Wildman–Crippen LogP) is 0.844. The summed E-state index contributed by atoms with van der Waals surface area (Å²) >= 11 is 0. The Kier molecular flexibility index (Phi) is 2.95. The van der Waals surface area contributed by atoms with Gasteiger partial charge in [0, 0.05) is 0 Å². The van der Waals surface area contributed by atoms with Gasteiger partial charge in [0.1, 0.15) is 6.54 Å². The Bertz CT molecular complexity index is 475. The summed E-state index contributed by atoms with van der Waals surface area (Å²) in [7, 11) is 0. The molecule has 1 N–H and O–H groups in total. The maximum absolute atomic E-state index is 12.7. The summed E-state index contributed by atoms with van der Waals surface area (Å²) in [5, 5.41) is 0.357. The van der Waals surface area contributed by atoms with E-state index in [1.54, 1.807) is 6.07 Å². The van der Waals surface area contributed by atoms with E-state index in [9.17, 15) is 22.8 Å². The molecular weight excluding hydrogens is 251 g/mol. The molecule has 96 valence electrons. The zero-order chi connectivity index (χ0) is 13.3. The minimum atomic E-state index is -4.81. The highest BCUT2D eigenvalue weighted by Gasteiger charge is 2.47. The van der Waals surface area contributed by atoms with E-state index in [1.165, 1.54) is 29.7 Å². The summed E-state index contributed by atoms with van der Waals surface area (Å²) < 4.78 is 38.2. The number of hydrogen-bond acceptors (Lipinski definition) is 4. The number of carbonyl (C=O) groups excluding carboxylic acids is 2. The van der Waals surface area contributed by atoms with Crippen molar-refractivity contribution in [2.75, 3.05) is 11.6 Å². The average molecular weight is 259 g/mol. The monoisotopic (exact) mass is 259 g/mol. The number of benzene rings is 1. The molecule has 0 bridgehead atoms. The highest BCUT2D eigenvalue weighted by molar-refractivity contribution is 6.37. The van der Waals surface area contributed by atoms with Crippen LogP contribution in [-0.2, 0) is 9.59 Å². The number of para-hydroxylation sites is 1. The van der Waals surface area contributed by atoms with Crippen molar-refractivity contribution in [3.8, 4) is 0 Å². The molecule has 0 aliphatic carbocycles. The molecule has 5 nitrogen and oxygen atoms in total. The third-order valence-electron chi connectivity index (χ3n) is 2.29. The SMILES string of the molecule is O=C1CN(c2ccccc2)N(C(F)(F)F)NC1=O. The molecule has 1 aromatic carbocycles. The van der Waals surface area contributed by atoms with Gasteiger partial charge in [0.25, 0.3) is 0 Å². The molecule has 0 unspecified atom stereocenters. The summed E-state index contributed by atoms with van der Waals surface area (Å²) in [5.41, 5.74) is 1.66. The highest BCUT2D eigenvalue weighted by atomic mass is 19.4. The molecule has 0 radical (unpaired) electrons. The fourth-order valence-corrected chi connectivity index (χ4v) is 1.50. The van der Waals surface area contributed by atoms with Crippen molar-refractivity contribution < 1.29 is 22.8 Å². The number of rotatable bonds is 1. The Morgan fingerprint density at radius 3 is 2.28 bits per heavy atom. The van der Waals surface area contributed by atoms with E-state index in [-0.39, 0.29) is 10.8 Å². The molecule has 1 heterocycles. The molecule has 0 atom stereocenters. The number of hydrazine groups is 2. The first-order valence-corrected chi connectivity index (χ1v) is 4.93. The Morgan fingerprint density at radius 2 is 1.72 bits per heavy atom. The summed E-state index contributed by atoms with van der Waals surface area (Å²) in [4.78, 5) is 22.2. The first-order valence-electron chi connectivity index (χ1n) is 4.93. The fourth-order valence-electron chi connectivity index (χ4n) is 1.50. The molecule has 1 aromatic rings. The summed E-state index contributed by atoms with van der Waals surface area (Å²) in [6.45, 7) is -0.657. The quantitative estimate of drug-likeness (QED) is 0.600. The van der Waals surface area contributed by atoms with Crippen molar-refractivity contribution in [1.82, 2.24) is 10.5 Å². The van der Waals surface area contributed by atoms with Crippen molar-refractivity contribution in [3.05, 3.63) is 30.3 Å². The van der Waals surface area contributed by atoms with Gasteiger partial charge in [-0.25, -0.2) is 0 Å². The number of anilines is 1. The molecule has 1 aliphatic heterocycles. The predicted molar refractivity (Wildman–Crippen MR) is 54.8 cm³/mol. The second-order valence-electron chi connectivity index (χ2n) is 3.54. The van der Waals surface area contributed by atoms with Crippen LogP contribution < -0.4 is 10.4 Å². The van der Waals surface area contributed by atoms with Gasteiger partial charge in [0.15, 0.2) is 0 Å². The van der Waals surface area contributed by atoms with Crippen LogP contribution in [0.5, 0.6) is 0 Å². The number of ketones is 1. The van der Waals surface area contributed by atoms with E-state index in [0.717, 1.165) is 0 Å². The minimum Gasteiger partial charge on any atom is -0.287 e. The lowest BCUT2D eigenvalue weighted by molar-refractivity contribution is -0.268. The van der Waals surface area contributed by atoms with E-state index in [1.807, 2.05) is 0 Å². The second kappa shape index (κ2) is 4.30. The molecule has 0 aromatic heterocycles. The number of nitrogens with one attached hydrogen (secondary N) is 1. The molecule has 8 heteroatoms. The third-order valence-corrected chi connectivity index (χ3v) is 2.29. The van der Waals surface area contributed by atoms with Crippen LogP contribution in [0.3, 0.4) is 0 Å². The minimum absolute atomic E-state index is 0.156. The van der Waals surface area contributed by atoms with Crippen molar-refractivity contribution in [2.45, 2.75) is 6.30 Å². The van der Waals surface area contributed by atoms with Gasteiger partial charge >= 0.3 is 12.2 Å². The smallest absolute Gasteiger partial charge is 0.287 e. The van der Waals surface area contributed by atoms with Crippen LogP contribution in [0.2, 0.25) is 0 Å². The lowest BCUT2D eigenvalue weighted by Crippen LogP contribution is -2.67. The van der Waals surface area contributed by atoms with Gasteiger partial charge in [-0.15, -0.1) is 0 Å². The molecule has 0 saturated carbocycles. The third kappa shape index (κ3) is 2.28. The zero-order valence-electron chi connectivity index (χ0n) is 8.94. The summed E-state index contributed by atoms with van der Waals surface area (Å²) in [6, 6.07) is 7.51.